The van der Waals surface area contributed by atoms with Gasteiger partial charge in [0.2, 0.25) is 5.91 Å². The van der Waals surface area contributed by atoms with Crippen molar-refractivity contribution >= 4 is 35.2 Å². The molecule has 0 unspecified atom stereocenters. The molecular weight excluding hydrogens is 395 g/mol. The lowest BCUT2D eigenvalue weighted by atomic mass is 9.87. The third-order valence-corrected chi connectivity index (χ3v) is 6.68. The van der Waals surface area contributed by atoms with Crippen LogP contribution in [0.5, 0.6) is 5.75 Å². The average molecular weight is 423 g/mol. The Labute approximate surface area is 177 Å². The Morgan fingerprint density at radius 3 is 2.61 bits per heavy atom. The fraction of sp³-hybridized carbons (Fsp3) is 0.591. The molecule has 1 amide bonds. The Balaban J connectivity index is 1.26. The molecule has 2 aliphatic heterocycles. The second kappa shape index (κ2) is 9.06. The molecule has 0 radical (unpaired) electrons. The second-order valence-electron chi connectivity index (χ2n) is 8.21. The number of amides is 1. The minimum atomic E-state index is 0.279. The van der Waals surface area contributed by atoms with Crippen molar-refractivity contribution in [3.8, 4) is 5.75 Å². The second-order valence-corrected chi connectivity index (χ2v) is 9.06. The van der Waals surface area contributed by atoms with E-state index < -0.39 is 0 Å². The van der Waals surface area contributed by atoms with Crippen molar-refractivity contribution in [2.45, 2.75) is 51.0 Å². The van der Waals surface area contributed by atoms with E-state index in [0.29, 0.717) is 34.4 Å². The highest BCUT2D eigenvalue weighted by Gasteiger charge is 2.29. The molecule has 1 aromatic rings. The molecule has 1 aromatic carbocycles. The lowest BCUT2D eigenvalue weighted by Gasteiger charge is -2.35. The number of carbonyl (C=O) groups is 1. The van der Waals surface area contributed by atoms with Gasteiger partial charge in [0.15, 0.2) is 0 Å². The van der Waals surface area contributed by atoms with Crippen LogP contribution in [-0.2, 0) is 4.79 Å². The predicted octanol–water partition coefficient (Wildman–Crippen LogP) is 4.93. The summed E-state index contributed by atoms with van der Waals surface area (Å²) in [4.78, 5) is 14.8. The first-order chi connectivity index (χ1) is 13.6. The fourth-order valence-electron chi connectivity index (χ4n) is 4.56. The van der Waals surface area contributed by atoms with Crippen LogP contribution in [0, 0.1) is 5.92 Å². The highest BCUT2D eigenvalue weighted by Crippen LogP contribution is 2.36. The van der Waals surface area contributed by atoms with E-state index in [4.69, 9.17) is 27.9 Å². The Kier molecular flexibility index (Phi) is 6.49. The van der Waals surface area contributed by atoms with Crippen LogP contribution >= 0.6 is 23.2 Å². The lowest BCUT2D eigenvalue weighted by molar-refractivity contribution is -0.137. The SMILES string of the molecule is O=C(C1CCCCC1)N1CCC(NCC2=Cc3cc(Cl)cc(Cl)c3OC2)CC1. The maximum atomic E-state index is 12.7. The summed E-state index contributed by atoms with van der Waals surface area (Å²) in [6, 6.07) is 4.04. The van der Waals surface area contributed by atoms with Gasteiger partial charge in [-0.05, 0) is 49.5 Å². The molecule has 0 aromatic heterocycles. The molecule has 1 saturated carbocycles. The standard InChI is InChI=1S/C22H28Cl2N2O2/c23-18-11-17-10-15(14-28-21(17)20(24)12-18)13-25-19-6-8-26(9-7-19)22(27)16-4-2-1-3-5-16/h10-12,16,19,25H,1-9,13-14H2. The summed E-state index contributed by atoms with van der Waals surface area (Å²) < 4.78 is 5.83. The molecular formula is C22H28Cl2N2O2. The molecule has 1 N–H and O–H groups in total. The molecule has 0 spiro atoms. The molecule has 1 saturated heterocycles. The number of ether oxygens (including phenoxy) is 1. The zero-order valence-electron chi connectivity index (χ0n) is 16.2. The summed E-state index contributed by atoms with van der Waals surface area (Å²) in [5.74, 6) is 1.39. The van der Waals surface area contributed by atoms with Gasteiger partial charge in [0.25, 0.3) is 0 Å². The molecule has 0 bridgehead atoms. The summed E-state index contributed by atoms with van der Waals surface area (Å²) in [7, 11) is 0. The zero-order chi connectivity index (χ0) is 19.5. The number of nitrogens with zero attached hydrogens (tertiary/aromatic N) is 1. The maximum Gasteiger partial charge on any atom is 0.225 e. The van der Waals surface area contributed by atoms with E-state index in [0.717, 1.165) is 50.9 Å². The molecule has 2 heterocycles. The van der Waals surface area contributed by atoms with Gasteiger partial charge in [-0.3, -0.25) is 4.79 Å². The van der Waals surface area contributed by atoms with Gasteiger partial charge in [0.05, 0.1) is 5.02 Å². The van der Waals surface area contributed by atoms with Crippen LogP contribution in [0.4, 0.5) is 0 Å². The van der Waals surface area contributed by atoms with Crippen molar-refractivity contribution in [1.82, 2.24) is 10.2 Å². The van der Waals surface area contributed by atoms with E-state index in [9.17, 15) is 4.79 Å². The molecule has 3 aliphatic rings. The zero-order valence-corrected chi connectivity index (χ0v) is 17.7. The van der Waals surface area contributed by atoms with Crippen molar-refractivity contribution in [2.75, 3.05) is 26.2 Å². The third-order valence-electron chi connectivity index (χ3n) is 6.18. The van der Waals surface area contributed by atoms with E-state index in [1.165, 1.54) is 24.8 Å². The van der Waals surface area contributed by atoms with Crippen LogP contribution in [0.1, 0.15) is 50.5 Å². The van der Waals surface area contributed by atoms with E-state index in [1.807, 2.05) is 6.07 Å². The monoisotopic (exact) mass is 422 g/mol. The smallest absolute Gasteiger partial charge is 0.225 e. The van der Waals surface area contributed by atoms with Gasteiger partial charge in [0.1, 0.15) is 12.4 Å². The predicted molar refractivity (Wildman–Crippen MR) is 114 cm³/mol. The summed E-state index contributed by atoms with van der Waals surface area (Å²) in [5.41, 5.74) is 2.12. The summed E-state index contributed by atoms with van der Waals surface area (Å²) >= 11 is 12.3. The van der Waals surface area contributed by atoms with Crippen molar-refractivity contribution in [1.29, 1.82) is 0 Å². The Bertz CT molecular complexity index is 751. The number of hydrogen-bond acceptors (Lipinski definition) is 3. The van der Waals surface area contributed by atoms with Gasteiger partial charge < -0.3 is 15.0 Å². The number of benzene rings is 1. The van der Waals surface area contributed by atoms with E-state index in [2.05, 4.69) is 16.3 Å². The van der Waals surface area contributed by atoms with E-state index in [1.54, 1.807) is 6.07 Å². The van der Waals surface area contributed by atoms with Crippen molar-refractivity contribution in [3.05, 3.63) is 33.3 Å². The molecule has 4 rings (SSSR count). The van der Waals surface area contributed by atoms with Crippen LogP contribution in [0.2, 0.25) is 10.0 Å². The molecule has 2 fully saturated rings. The number of nitrogens with one attached hydrogen (secondary N) is 1. The van der Waals surface area contributed by atoms with Crippen LogP contribution < -0.4 is 10.1 Å². The van der Waals surface area contributed by atoms with Crippen LogP contribution in [0.15, 0.2) is 17.7 Å². The van der Waals surface area contributed by atoms with Gasteiger partial charge in [0, 0.05) is 42.2 Å². The highest BCUT2D eigenvalue weighted by atomic mass is 35.5. The maximum absolute atomic E-state index is 12.7. The van der Waals surface area contributed by atoms with E-state index >= 15 is 0 Å². The normalized spacial score (nSPS) is 21.1. The van der Waals surface area contributed by atoms with Crippen molar-refractivity contribution < 1.29 is 9.53 Å². The molecule has 152 valence electrons. The van der Waals surface area contributed by atoms with Crippen LogP contribution in [0.3, 0.4) is 0 Å². The van der Waals surface area contributed by atoms with E-state index in [-0.39, 0.29) is 5.92 Å². The molecule has 1 aliphatic carbocycles. The Hall–Kier alpha value is -1.23. The van der Waals surface area contributed by atoms with Crippen LogP contribution in [0.25, 0.3) is 6.08 Å². The number of piperidine rings is 1. The Morgan fingerprint density at radius 1 is 1.11 bits per heavy atom. The van der Waals surface area contributed by atoms with Gasteiger partial charge in [-0.15, -0.1) is 0 Å². The summed E-state index contributed by atoms with van der Waals surface area (Å²) in [6.07, 6.45) is 10.0. The summed E-state index contributed by atoms with van der Waals surface area (Å²) in [6.45, 7) is 3.07. The fourth-order valence-corrected chi connectivity index (χ4v) is 5.12. The van der Waals surface area contributed by atoms with Gasteiger partial charge in [-0.25, -0.2) is 0 Å². The largest absolute Gasteiger partial charge is 0.487 e. The summed E-state index contributed by atoms with van der Waals surface area (Å²) in [5, 5.41) is 4.81. The quantitative estimate of drug-likeness (QED) is 0.747. The molecule has 0 atom stereocenters. The highest BCUT2D eigenvalue weighted by molar-refractivity contribution is 6.36. The van der Waals surface area contributed by atoms with Gasteiger partial charge >= 0.3 is 0 Å². The minimum Gasteiger partial charge on any atom is -0.487 e. The third kappa shape index (κ3) is 4.67. The van der Waals surface area contributed by atoms with Gasteiger partial charge in [-0.2, -0.15) is 0 Å². The number of carbonyl (C=O) groups excluding carboxylic acids is 1. The first-order valence-corrected chi connectivity index (χ1v) is 11.2. The molecule has 28 heavy (non-hydrogen) atoms. The first-order valence-electron chi connectivity index (χ1n) is 10.4. The molecule has 4 nitrogen and oxygen atoms in total. The Morgan fingerprint density at radius 2 is 1.86 bits per heavy atom. The average Bonchev–Trinajstić information content (AvgIpc) is 2.72. The number of rotatable bonds is 4. The van der Waals surface area contributed by atoms with Gasteiger partial charge in [-0.1, -0.05) is 42.5 Å². The minimum absolute atomic E-state index is 0.279. The number of likely N-dealkylation sites (tertiary alicyclic amines) is 1. The number of fused-ring (bicyclic) bond motifs is 1. The molecule has 6 heteroatoms. The van der Waals surface area contributed by atoms with Crippen molar-refractivity contribution in [2.24, 2.45) is 5.92 Å². The first kappa shape index (κ1) is 20.1. The number of hydrogen-bond donors (Lipinski definition) is 1. The number of halogens is 2. The van der Waals surface area contributed by atoms with Crippen molar-refractivity contribution in [3.63, 3.8) is 0 Å². The topological polar surface area (TPSA) is 41.6 Å². The van der Waals surface area contributed by atoms with Crippen LogP contribution in [-0.4, -0.2) is 43.1 Å². The lowest BCUT2D eigenvalue weighted by Crippen LogP contribution is -2.47.